The van der Waals surface area contributed by atoms with Gasteiger partial charge >= 0.3 is 6.01 Å². The number of hydrogen-bond acceptors (Lipinski definition) is 8. The Labute approximate surface area is 334 Å². The molecule has 6 heterocycles. The summed E-state index contributed by atoms with van der Waals surface area (Å²) in [5.41, 5.74) is -2.00. The summed E-state index contributed by atoms with van der Waals surface area (Å²) in [7, 11) is 0.500. The molecule has 4 aliphatic rings. The van der Waals surface area contributed by atoms with Crippen molar-refractivity contribution < 1.29 is 36.2 Å². The van der Waals surface area contributed by atoms with Crippen molar-refractivity contribution in [3.05, 3.63) is 96.2 Å². The van der Waals surface area contributed by atoms with Crippen LogP contribution in [0, 0.1) is 24.0 Å². The van der Waals surface area contributed by atoms with E-state index in [2.05, 4.69) is 26.1 Å². The zero-order valence-electron chi connectivity index (χ0n) is 32.6. The highest BCUT2D eigenvalue weighted by Crippen LogP contribution is 2.43. The molecule has 4 fully saturated rings. The van der Waals surface area contributed by atoms with Crippen molar-refractivity contribution in [1.29, 1.82) is 0 Å². The van der Waals surface area contributed by atoms with Crippen LogP contribution in [0.4, 0.5) is 32.2 Å². The van der Waals surface area contributed by atoms with E-state index in [1.807, 2.05) is 55.1 Å². The maximum absolute atomic E-state index is 16.9. The lowest BCUT2D eigenvalue weighted by atomic mass is 9.95. The molecule has 0 spiro atoms. The Balaban J connectivity index is 0.000000509. The molecule has 3 aromatic carbocycles. The van der Waals surface area contributed by atoms with Gasteiger partial charge in [-0.1, -0.05) is 62.2 Å². The lowest BCUT2D eigenvalue weighted by Gasteiger charge is -2.40. The number of pyridine rings is 1. The van der Waals surface area contributed by atoms with Gasteiger partial charge in [0.1, 0.15) is 41.4 Å². The van der Waals surface area contributed by atoms with Crippen molar-refractivity contribution in [3.8, 4) is 35.4 Å². The quantitative estimate of drug-likeness (QED) is 0.130. The van der Waals surface area contributed by atoms with Crippen molar-refractivity contribution in [2.75, 3.05) is 44.9 Å². The molecule has 8 nitrogen and oxygen atoms in total. The number of rotatable bonds is 6. The van der Waals surface area contributed by atoms with Crippen LogP contribution in [0.5, 0.6) is 11.8 Å². The monoisotopic (exact) mass is 804 g/mol. The molecular formula is C44H46F6N6O2. The third kappa shape index (κ3) is 8.42. The third-order valence-corrected chi connectivity index (χ3v) is 11.0. The Morgan fingerprint density at radius 1 is 1.05 bits per heavy atom. The second kappa shape index (κ2) is 18.0. The fourth-order valence-electron chi connectivity index (χ4n) is 8.75. The van der Waals surface area contributed by atoms with Crippen molar-refractivity contribution in [2.24, 2.45) is 0 Å². The summed E-state index contributed by atoms with van der Waals surface area (Å²) in [6.07, 6.45) is 8.24. The third-order valence-electron chi connectivity index (χ3n) is 11.0. The van der Waals surface area contributed by atoms with Crippen molar-refractivity contribution in [1.82, 2.24) is 25.2 Å². The minimum Gasteiger partial charge on any atom is -0.508 e. The summed E-state index contributed by atoms with van der Waals surface area (Å²) in [6.45, 7) is 5.68. The average molecular weight is 805 g/mol. The number of benzene rings is 3. The van der Waals surface area contributed by atoms with Crippen LogP contribution in [0.3, 0.4) is 0 Å². The number of piperazine rings is 1. The van der Waals surface area contributed by atoms with Gasteiger partial charge in [-0.05, 0) is 55.8 Å². The van der Waals surface area contributed by atoms with Crippen molar-refractivity contribution in [3.63, 3.8) is 0 Å². The Hall–Kier alpha value is -5.39. The topological polar surface area (TPSA) is 86.6 Å². The molecule has 306 valence electrons. The number of aromatic hydroxyl groups is 1. The number of aromatic nitrogens is 3. The summed E-state index contributed by atoms with van der Waals surface area (Å²) in [4.78, 5) is 17.5. The van der Waals surface area contributed by atoms with Crippen LogP contribution in [0.15, 0.2) is 79.0 Å². The van der Waals surface area contributed by atoms with Gasteiger partial charge in [-0.3, -0.25) is 14.3 Å². The number of phenolic OH excluding ortho intramolecular Hbond substituents is 1. The van der Waals surface area contributed by atoms with Crippen LogP contribution in [-0.2, 0) is 0 Å². The van der Waals surface area contributed by atoms with Gasteiger partial charge in [-0.25, -0.2) is 13.2 Å². The van der Waals surface area contributed by atoms with E-state index in [9.17, 15) is 27.1 Å². The zero-order valence-corrected chi connectivity index (χ0v) is 32.6. The van der Waals surface area contributed by atoms with E-state index in [0.717, 1.165) is 25.5 Å². The van der Waals surface area contributed by atoms with E-state index in [4.69, 9.17) is 16.1 Å². The molecule has 58 heavy (non-hydrogen) atoms. The summed E-state index contributed by atoms with van der Waals surface area (Å²) < 4.78 is 89.1. The Morgan fingerprint density at radius 2 is 1.78 bits per heavy atom. The van der Waals surface area contributed by atoms with E-state index in [1.165, 1.54) is 30.5 Å². The predicted molar refractivity (Wildman–Crippen MR) is 215 cm³/mol. The van der Waals surface area contributed by atoms with E-state index in [0.29, 0.717) is 44.9 Å². The molecule has 9 rings (SSSR count). The number of hydrogen-bond donors (Lipinski definition) is 2. The lowest BCUT2D eigenvalue weighted by Crippen LogP contribution is -2.59. The normalized spacial score (nSPS) is 23.1. The van der Waals surface area contributed by atoms with E-state index < -0.39 is 35.0 Å². The summed E-state index contributed by atoms with van der Waals surface area (Å²) in [5.74, 6) is 0.785. The van der Waals surface area contributed by atoms with Gasteiger partial charge < -0.3 is 20.1 Å². The first-order valence-corrected chi connectivity index (χ1v) is 19.3. The molecule has 4 saturated heterocycles. The largest absolute Gasteiger partial charge is 0.508 e. The number of halogens is 6. The summed E-state index contributed by atoms with van der Waals surface area (Å²) >= 11 is 0. The zero-order chi connectivity index (χ0) is 41.6. The predicted octanol–water partition coefficient (Wildman–Crippen LogP) is 9.16. The first kappa shape index (κ1) is 42.2. The van der Waals surface area contributed by atoms with Crippen LogP contribution >= 0.6 is 0 Å². The number of alkyl halides is 2. The second-order valence-corrected chi connectivity index (χ2v) is 14.5. The molecule has 14 heteroatoms. The Bertz CT molecular complexity index is 2280. The minimum absolute atomic E-state index is 0.0580. The first-order valence-electron chi connectivity index (χ1n) is 19.3. The number of nitrogens with one attached hydrogen (secondary N) is 1. The number of anilines is 1. The molecule has 0 amide bonds. The molecule has 5 aromatic rings. The van der Waals surface area contributed by atoms with Gasteiger partial charge in [0.2, 0.25) is 0 Å². The summed E-state index contributed by atoms with van der Waals surface area (Å²) in [6, 6.07) is 17.0. The number of nitrogens with zero attached hydrogens (tertiary/aromatic N) is 5. The standard InChI is InChI=1S/C35H31F5N6O2.C6H6.C2H6.CH3F/c1-2-23-26(37)5-4-19-10-22(47)11-24(28(19)23)30-29(40)31-25(14-41-30)32(45-16-21-6-8-34(17-45,44-21)13-27(38)39)43-33(42-31)48-18-35-7-3-9-46(35)15-20(36)12-35;1-2-4-6-5-3-1;2*1-2/h1,4-5,10-11,13-14,20-21,44,47H,3,6-9,12,15-18H2;1-6H;1-2H3;1H3/t20-,21?,34?,35-;;;/m0.../s1. The number of fused-ring (bicyclic) bond motifs is 5. The van der Waals surface area contributed by atoms with Gasteiger partial charge in [0.05, 0.1) is 29.2 Å². The number of phenols is 1. The van der Waals surface area contributed by atoms with Crippen molar-refractivity contribution in [2.45, 2.75) is 69.2 Å². The maximum Gasteiger partial charge on any atom is 0.319 e. The van der Waals surface area contributed by atoms with Gasteiger partial charge in [0.25, 0.3) is 6.08 Å². The highest BCUT2D eigenvalue weighted by molar-refractivity contribution is 6.03. The van der Waals surface area contributed by atoms with Gasteiger partial charge in [0.15, 0.2) is 5.82 Å². The van der Waals surface area contributed by atoms with Crippen molar-refractivity contribution >= 4 is 27.5 Å². The second-order valence-electron chi connectivity index (χ2n) is 14.5. The molecule has 0 saturated carbocycles. The average Bonchev–Trinajstić information content (AvgIpc) is 3.87. The fraction of sp³-hybridized carbons (Fsp3) is 0.386. The van der Waals surface area contributed by atoms with Crippen LogP contribution in [-0.4, -0.2) is 88.2 Å². The van der Waals surface area contributed by atoms with Gasteiger partial charge in [-0.2, -0.15) is 18.7 Å². The number of terminal acetylenes is 1. The molecule has 2 unspecified atom stereocenters. The minimum atomic E-state index is -1.80. The van der Waals surface area contributed by atoms with Gasteiger partial charge in [0, 0.05) is 55.3 Å². The first-order chi connectivity index (χ1) is 28.1. The smallest absolute Gasteiger partial charge is 0.319 e. The fourth-order valence-corrected chi connectivity index (χ4v) is 8.75. The van der Waals surface area contributed by atoms with Crippen LogP contribution in [0.25, 0.3) is 32.9 Å². The molecule has 2 N–H and O–H groups in total. The summed E-state index contributed by atoms with van der Waals surface area (Å²) in [5, 5.41) is 14.6. The molecule has 2 aromatic heterocycles. The highest BCUT2D eigenvalue weighted by Gasteiger charge is 2.50. The van der Waals surface area contributed by atoms with E-state index >= 15 is 4.39 Å². The Kier molecular flexibility index (Phi) is 13.1. The molecule has 4 atom stereocenters. The van der Waals surface area contributed by atoms with E-state index in [1.54, 1.807) is 0 Å². The van der Waals surface area contributed by atoms with Crippen LogP contribution in [0.2, 0.25) is 0 Å². The molecular weight excluding hydrogens is 759 g/mol. The van der Waals surface area contributed by atoms with Gasteiger partial charge in [-0.15, -0.1) is 6.42 Å². The molecule has 2 bridgehead atoms. The molecule has 0 radical (unpaired) electrons. The molecule has 0 aliphatic carbocycles. The maximum atomic E-state index is 16.9. The van der Waals surface area contributed by atoms with Crippen LogP contribution < -0.4 is 15.0 Å². The highest BCUT2D eigenvalue weighted by atomic mass is 19.3. The van der Waals surface area contributed by atoms with E-state index in [-0.39, 0.29) is 69.9 Å². The van der Waals surface area contributed by atoms with Crippen LogP contribution in [0.1, 0.15) is 51.5 Å². The molecule has 4 aliphatic heterocycles. The number of ether oxygens (including phenoxy) is 1. The Morgan fingerprint density at radius 3 is 2.47 bits per heavy atom. The SMILES string of the molecule is C#Cc1c(F)ccc2cc(O)cc(-c3ncc4c(N5CC6CCC(C=C(F)F)(C5)N6)nc(OC[C@@]56CCCN5C[C@@H](F)C6)nc4c3F)c12.CC.CF.c1ccccc1. The lowest BCUT2D eigenvalue weighted by molar-refractivity contribution is 0.107.